The van der Waals surface area contributed by atoms with Gasteiger partial charge in [0.15, 0.2) is 5.76 Å². The highest BCUT2D eigenvalue weighted by Crippen LogP contribution is 2.39. The van der Waals surface area contributed by atoms with E-state index in [9.17, 15) is 18.3 Å². The summed E-state index contributed by atoms with van der Waals surface area (Å²) >= 11 is 0. The number of methoxy groups -OCH3 is 1. The molecule has 1 aromatic rings. The second-order valence-corrected chi connectivity index (χ2v) is 10.2. The van der Waals surface area contributed by atoms with E-state index in [0.29, 0.717) is 18.1 Å². The maximum atomic E-state index is 13.0. The molecule has 0 aromatic heterocycles. The second-order valence-electron chi connectivity index (χ2n) is 8.23. The van der Waals surface area contributed by atoms with Crippen LogP contribution in [0.3, 0.4) is 0 Å². The van der Waals surface area contributed by atoms with Crippen molar-refractivity contribution in [1.82, 2.24) is 9.62 Å². The van der Waals surface area contributed by atoms with Crippen molar-refractivity contribution in [1.29, 1.82) is 0 Å². The fourth-order valence-electron chi connectivity index (χ4n) is 4.01. The number of nitrogens with one attached hydrogen (secondary N) is 1. The van der Waals surface area contributed by atoms with Crippen LogP contribution in [0.25, 0.3) is 0 Å². The van der Waals surface area contributed by atoms with E-state index in [-0.39, 0.29) is 55.3 Å². The molecule has 3 rings (SSSR count). The lowest BCUT2D eigenvalue weighted by Crippen LogP contribution is -2.39. The highest BCUT2D eigenvalue weighted by atomic mass is 32.2. The van der Waals surface area contributed by atoms with Gasteiger partial charge in [-0.15, -0.1) is 6.42 Å². The first-order valence-electron chi connectivity index (χ1n) is 11.4. The third kappa shape index (κ3) is 6.51. The number of nitrogens with zero attached hydrogens (tertiary/aromatic N) is 1. The molecule has 1 saturated carbocycles. The summed E-state index contributed by atoms with van der Waals surface area (Å²) in [5, 5.41) is 12.0. The number of benzene rings is 1. The molecule has 1 heterocycles. The molecule has 0 spiro atoms. The summed E-state index contributed by atoms with van der Waals surface area (Å²) in [6.45, 7) is -0.255. The van der Waals surface area contributed by atoms with Crippen molar-refractivity contribution in [3.63, 3.8) is 0 Å². The Morgan fingerprint density at radius 3 is 2.62 bits per heavy atom. The summed E-state index contributed by atoms with van der Waals surface area (Å²) in [6.07, 6.45) is 10.3. The fourth-order valence-corrected chi connectivity index (χ4v) is 5.42. The Bertz CT molecular complexity index is 997. The predicted molar refractivity (Wildman–Crippen MR) is 125 cm³/mol. The van der Waals surface area contributed by atoms with Gasteiger partial charge in [0.2, 0.25) is 16.3 Å². The SMILES string of the molecule is C#CCNC(=O)C1=C[C@@H](C2CCC2)C[C@@H](OCCN(CCO)S(=O)(=O)c2ccc(OC)cc2)O1. The molecule has 2 atom stereocenters. The average Bonchev–Trinajstić information content (AvgIpc) is 2.80. The number of amides is 1. The Morgan fingerprint density at radius 1 is 1.29 bits per heavy atom. The topological polar surface area (TPSA) is 114 Å². The van der Waals surface area contributed by atoms with Crippen LogP contribution in [0.15, 0.2) is 41.0 Å². The van der Waals surface area contributed by atoms with Gasteiger partial charge in [0.1, 0.15) is 5.75 Å². The molecule has 9 nitrogen and oxygen atoms in total. The number of hydrogen-bond acceptors (Lipinski definition) is 7. The molecule has 2 N–H and O–H groups in total. The van der Waals surface area contributed by atoms with Crippen LogP contribution < -0.4 is 10.1 Å². The first kappa shape index (κ1) is 26.0. The molecule has 1 aromatic carbocycles. The van der Waals surface area contributed by atoms with Gasteiger partial charge in [0, 0.05) is 19.5 Å². The number of ether oxygens (including phenoxy) is 3. The van der Waals surface area contributed by atoms with E-state index < -0.39 is 16.3 Å². The van der Waals surface area contributed by atoms with Crippen molar-refractivity contribution in [2.24, 2.45) is 11.8 Å². The van der Waals surface area contributed by atoms with Crippen LogP contribution in [0.4, 0.5) is 0 Å². The number of rotatable bonds is 12. The first-order valence-corrected chi connectivity index (χ1v) is 12.8. The Hall–Kier alpha value is -2.58. The van der Waals surface area contributed by atoms with Crippen molar-refractivity contribution in [3.05, 3.63) is 36.1 Å². The molecule has 186 valence electrons. The van der Waals surface area contributed by atoms with Gasteiger partial charge in [0.25, 0.3) is 5.91 Å². The van der Waals surface area contributed by atoms with Gasteiger partial charge in [-0.05, 0) is 55.0 Å². The molecule has 0 unspecified atom stereocenters. The van der Waals surface area contributed by atoms with Gasteiger partial charge < -0.3 is 24.6 Å². The molecule has 1 fully saturated rings. The summed E-state index contributed by atoms with van der Waals surface area (Å²) in [4.78, 5) is 12.5. The number of terminal acetylenes is 1. The zero-order chi connectivity index (χ0) is 24.6. The maximum absolute atomic E-state index is 13.0. The van der Waals surface area contributed by atoms with E-state index in [4.69, 9.17) is 20.6 Å². The minimum atomic E-state index is -3.84. The molecule has 0 radical (unpaired) electrons. The number of carbonyl (C=O) groups excluding carboxylic acids is 1. The van der Waals surface area contributed by atoms with Crippen LogP contribution in [0.5, 0.6) is 5.75 Å². The quantitative estimate of drug-likeness (QED) is 0.425. The van der Waals surface area contributed by atoms with E-state index in [1.165, 1.54) is 25.7 Å². The summed E-state index contributed by atoms with van der Waals surface area (Å²) < 4.78 is 44.0. The van der Waals surface area contributed by atoms with Crippen molar-refractivity contribution >= 4 is 15.9 Å². The Morgan fingerprint density at radius 2 is 2.03 bits per heavy atom. The molecular formula is C24H32N2O7S. The minimum Gasteiger partial charge on any atom is -0.497 e. The van der Waals surface area contributed by atoms with E-state index in [0.717, 1.165) is 17.1 Å². The van der Waals surface area contributed by atoms with Crippen LogP contribution in [0, 0.1) is 24.2 Å². The van der Waals surface area contributed by atoms with Crippen LogP contribution in [-0.2, 0) is 24.3 Å². The van der Waals surface area contributed by atoms with Crippen molar-refractivity contribution in [2.75, 3.05) is 40.0 Å². The van der Waals surface area contributed by atoms with Crippen molar-refractivity contribution < 1.29 is 32.5 Å². The lowest BCUT2D eigenvalue weighted by atomic mass is 9.73. The molecule has 0 bridgehead atoms. The molecule has 0 saturated heterocycles. The van der Waals surface area contributed by atoms with E-state index >= 15 is 0 Å². The minimum absolute atomic E-state index is 0.0191. The number of aliphatic hydroxyl groups is 1. The van der Waals surface area contributed by atoms with Gasteiger partial charge in [-0.25, -0.2) is 8.42 Å². The van der Waals surface area contributed by atoms with Crippen molar-refractivity contribution in [2.45, 2.75) is 36.9 Å². The van der Waals surface area contributed by atoms with Gasteiger partial charge in [0.05, 0.1) is 31.8 Å². The third-order valence-electron chi connectivity index (χ3n) is 6.11. The van der Waals surface area contributed by atoms with Gasteiger partial charge >= 0.3 is 0 Å². The standard InChI is InChI=1S/C24H32N2O7S/c1-3-11-25-24(28)22-16-19(18-5-4-6-18)17-23(33-22)32-15-13-26(12-14-27)34(29,30)21-9-7-20(31-2)8-10-21/h1,7-10,16,18-19,23,27H,4-6,11-15,17H2,2H3,(H,25,28)/t19-,23+/m1/s1. The summed E-state index contributed by atoms with van der Waals surface area (Å²) in [6, 6.07) is 6.05. The Balaban J connectivity index is 1.63. The molecule has 1 aliphatic heterocycles. The summed E-state index contributed by atoms with van der Waals surface area (Å²) in [5.41, 5.74) is 0. The molecule has 1 aliphatic carbocycles. The lowest BCUT2D eigenvalue weighted by molar-refractivity contribution is -0.152. The highest BCUT2D eigenvalue weighted by molar-refractivity contribution is 7.89. The fraction of sp³-hybridized carbons (Fsp3) is 0.542. The Labute approximate surface area is 201 Å². The zero-order valence-electron chi connectivity index (χ0n) is 19.3. The monoisotopic (exact) mass is 492 g/mol. The zero-order valence-corrected chi connectivity index (χ0v) is 20.1. The maximum Gasteiger partial charge on any atom is 0.286 e. The average molecular weight is 493 g/mol. The van der Waals surface area contributed by atoms with Crippen LogP contribution in [-0.4, -0.2) is 70.0 Å². The van der Waals surface area contributed by atoms with Gasteiger partial charge in [-0.1, -0.05) is 12.3 Å². The van der Waals surface area contributed by atoms with Crippen LogP contribution in [0.1, 0.15) is 25.7 Å². The van der Waals surface area contributed by atoms with Crippen molar-refractivity contribution in [3.8, 4) is 18.1 Å². The summed E-state index contributed by atoms with van der Waals surface area (Å²) in [5.74, 6) is 3.33. The van der Waals surface area contributed by atoms with Gasteiger partial charge in [-0.2, -0.15) is 4.31 Å². The smallest absolute Gasteiger partial charge is 0.286 e. The third-order valence-corrected chi connectivity index (χ3v) is 8.02. The number of allylic oxidation sites excluding steroid dienone is 1. The van der Waals surface area contributed by atoms with Crippen LogP contribution in [0.2, 0.25) is 0 Å². The van der Waals surface area contributed by atoms with Gasteiger partial charge in [-0.3, -0.25) is 4.79 Å². The lowest BCUT2D eigenvalue weighted by Gasteiger charge is -2.37. The molecular weight excluding hydrogens is 460 g/mol. The van der Waals surface area contributed by atoms with E-state index in [1.54, 1.807) is 12.1 Å². The molecule has 1 amide bonds. The highest BCUT2D eigenvalue weighted by Gasteiger charge is 2.35. The second kappa shape index (κ2) is 12.2. The first-order chi connectivity index (χ1) is 16.4. The number of sulfonamides is 1. The molecule has 34 heavy (non-hydrogen) atoms. The largest absolute Gasteiger partial charge is 0.497 e. The normalized spacial score (nSPS) is 20.6. The number of carbonyl (C=O) groups is 1. The number of hydrogen-bond donors (Lipinski definition) is 2. The van der Waals surface area contributed by atoms with E-state index in [2.05, 4.69) is 11.2 Å². The predicted octanol–water partition coefficient (Wildman–Crippen LogP) is 1.49. The van der Waals surface area contributed by atoms with Crippen LogP contribution >= 0.6 is 0 Å². The molecule has 10 heteroatoms. The molecule has 2 aliphatic rings. The summed E-state index contributed by atoms with van der Waals surface area (Å²) in [7, 11) is -2.34. The van der Waals surface area contributed by atoms with E-state index in [1.807, 2.05) is 6.08 Å². The Kier molecular flexibility index (Phi) is 9.36. The number of aliphatic hydroxyl groups excluding tert-OH is 1.